The van der Waals surface area contributed by atoms with Crippen molar-refractivity contribution in [1.29, 1.82) is 0 Å². The molecule has 10 heteroatoms. The van der Waals surface area contributed by atoms with Crippen LogP contribution < -0.4 is 0 Å². The van der Waals surface area contributed by atoms with E-state index in [0.717, 1.165) is 34.9 Å². The minimum absolute atomic E-state index is 0.338. The second-order valence-electron chi connectivity index (χ2n) is 14.5. The van der Waals surface area contributed by atoms with Crippen molar-refractivity contribution in [3.8, 4) is 0 Å². The Bertz CT molecular complexity index is 1560. The Kier molecular flexibility index (Phi) is 18.7. The topological polar surface area (TPSA) is 38.8 Å². The van der Waals surface area contributed by atoms with Gasteiger partial charge in [0.2, 0.25) is 0 Å². The molecule has 0 radical (unpaired) electrons. The van der Waals surface area contributed by atoms with Gasteiger partial charge < -0.3 is 10.3 Å². The molecule has 0 aromatic heterocycles. The van der Waals surface area contributed by atoms with Gasteiger partial charge in [-0.2, -0.15) is 30.5 Å². The van der Waals surface area contributed by atoms with Gasteiger partial charge in [-0.05, 0) is 68.1 Å². The summed E-state index contributed by atoms with van der Waals surface area (Å²) in [7, 11) is 0. The molecule has 0 aliphatic heterocycles. The molecule has 3 nitrogen and oxygen atoms in total. The zero-order valence-corrected chi connectivity index (χ0v) is 34.4. The molecular weight excluding hydrogens is 741 g/mol. The third-order valence-electron chi connectivity index (χ3n) is 7.39. The van der Waals surface area contributed by atoms with Gasteiger partial charge in [0.15, 0.2) is 0 Å². The first-order chi connectivity index (χ1) is 23.4. The summed E-state index contributed by atoms with van der Waals surface area (Å²) in [5, 5.41) is 5.08. The Balaban J connectivity index is 0.000000541. The number of halogens is 6. The van der Waals surface area contributed by atoms with Crippen LogP contribution >= 0.6 is 0 Å². The van der Waals surface area contributed by atoms with E-state index in [9.17, 15) is 22.2 Å². The summed E-state index contributed by atoms with van der Waals surface area (Å²) in [6.45, 7) is 27.6. The van der Waals surface area contributed by atoms with Crippen LogP contribution in [0.5, 0.6) is 0 Å². The second-order valence-corrected chi connectivity index (χ2v) is 15.4. The van der Waals surface area contributed by atoms with Crippen molar-refractivity contribution in [2.24, 2.45) is 9.98 Å². The standard InChI is InChI=1S/C29H41N2.C12H13F3N.3FH.Nb/c1-18(2)24-13-11-14-25(19(3)4)28(24)30-22(9)17-23(10)31-29-26(20(5)6)15-12-16-27(29)21(7)8;1-11(2,3)16-8-9-5-4-6-10(7-9)12(13,14)15;;;;/h11-21H,1-10H3;4-7H,1-3H3;3*1H;/q2*-1;;;;+3/p-3/b22-17-,31-23?;;;;;. The van der Waals surface area contributed by atoms with Crippen LogP contribution in [0.15, 0.2) is 82.4 Å². The summed E-state index contributed by atoms with van der Waals surface area (Å²) < 4.78 is 66.7. The van der Waals surface area contributed by atoms with Gasteiger partial charge in [-0.15, -0.1) is 17.8 Å². The van der Waals surface area contributed by atoms with Gasteiger partial charge in [0.1, 0.15) is 0 Å². The summed E-state index contributed by atoms with van der Waals surface area (Å²) in [5.74, 6) is 1.75. The van der Waals surface area contributed by atoms with Crippen LogP contribution in [-0.4, -0.2) is 17.5 Å². The van der Waals surface area contributed by atoms with Gasteiger partial charge in [-0.1, -0.05) is 128 Å². The van der Waals surface area contributed by atoms with E-state index in [1.54, 1.807) is 6.07 Å². The molecular formula is C41H54F6N3Nb-2. The van der Waals surface area contributed by atoms with E-state index in [0.29, 0.717) is 29.2 Å². The average molecular weight is 796 g/mol. The first-order valence-electron chi connectivity index (χ1n) is 17.1. The Morgan fingerprint density at radius 3 is 1.51 bits per heavy atom. The fraction of sp³-hybridized carbons (Fsp3) is 0.463. The number of hydrogen-bond acceptors (Lipinski definition) is 2. The first-order valence-corrected chi connectivity index (χ1v) is 19.6. The van der Waals surface area contributed by atoms with Crippen LogP contribution in [0.1, 0.15) is 147 Å². The maximum atomic E-state index is 12.4. The summed E-state index contributed by atoms with van der Waals surface area (Å²) >= 11 is -4.95. The molecule has 0 aliphatic carbocycles. The molecule has 0 unspecified atom stereocenters. The van der Waals surface area contributed by atoms with Crippen LogP contribution in [0, 0.1) is 0 Å². The Morgan fingerprint density at radius 1 is 0.706 bits per heavy atom. The molecule has 0 bridgehead atoms. The molecule has 3 rings (SSSR count). The number of hydrogen-bond donors (Lipinski definition) is 0. The first kappa shape index (κ1) is 45.9. The molecule has 0 saturated carbocycles. The number of benzene rings is 3. The monoisotopic (exact) mass is 795 g/mol. The number of nitrogens with zero attached hydrogens (tertiary/aromatic N) is 3. The van der Waals surface area contributed by atoms with E-state index in [2.05, 4.69) is 123 Å². The van der Waals surface area contributed by atoms with Crippen LogP contribution in [0.4, 0.5) is 33.6 Å². The molecule has 0 heterocycles. The molecule has 0 atom stereocenters. The average Bonchev–Trinajstić information content (AvgIpc) is 2.99. The van der Waals surface area contributed by atoms with Crippen molar-refractivity contribution < 1.29 is 42.3 Å². The molecule has 0 aliphatic rings. The van der Waals surface area contributed by atoms with Crippen molar-refractivity contribution in [1.82, 2.24) is 0 Å². The molecule has 0 amide bonds. The van der Waals surface area contributed by atoms with E-state index in [4.69, 9.17) is 10.3 Å². The van der Waals surface area contributed by atoms with Gasteiger partial charge in [0.25, 0.3) is 0 Å². The summed E-state index contributed by atoms with van der Waals surface area (Å²) in [5.41, 5.74) is 8.77. The summed E-state index contributed by atoms with van der Waals surface area (Å²) in [6, 6.07) is 18.1. The van der Waals surface area contributed by atoms with Crippen LogP contribution in [0.25, 0.3) is 5.32 Å². The molecule has 3 aromatic carbocycles. The Hall–Kier alpha value is -3.14. The van der Waals surface area contributed by atoms with Crippen molar-refractivity contribution in [2.45, 2.75) is 125 Å². The van der Waals surface area contributed by atoms with E-state index < -0.39 is 31.8 Å². The number of allylic oxidation sites excluding steroid dienone is 2. The van der Waals surface area contributed by atoms with E-state index >= 15 is 0 Å². The molecule has 0 saturated heterocycles. The predicted molar refractivity (Wildman–Crippen MR) is 200 cm³/mol. The third kappa shape index (κ3) is 16.8. The summed E-state index contributed by atoms with van der Waals surface area (Å²) in [6.07, 6.45) is 0.416. The van der Waals surface area contributed by atoms with Crippen LogP contribution in [-0.2, 0) is 26.3 Å². The van der Waals surface area contributed by atoms with Gasteiger partial charge in [0.05, 0.1) is 5.69 Å². The maximum absolute atomic E-state index is 12.4. The molecule has 0 spiro atoms. The van der Waals surface area contributed by atoms with Crippen molar-refractivity contribution in [2.75, 3.05) is 0 Å². The molecule has 0 N–H and O–H groups in total. The zero-order chi connectivity index (χ0) is 39.3. The quantitative estimate of drug-likeness (QED) is 0.0896. The van der Waals surface area contributed by atoms with Crippen molar-refractivity contribution in [3.63, 3.8) is 0 Å². The fourth-order valence-corrected chi connectivity index (χ4v) is 5.00. The number of para-hydroxylation sites is 2. The van der Waals surface area contributed by atoms with Gasteiger partial charge in [-0.25, -0.2) is 0 Å². The fourth-order valence-electron chi connectivity index (χ4n) is 5.00. The van der Waals surface area contributed by atoms with E-state index in [-0.39, 0.29) is 5.54 Å². The van der Waals surface area contributed by atoms with Crippen molar-refractivity contribution in [3.05, 3.63) is 111 Å². The predicted octanol–water partition coefficient (Wildman–Crippen LogP) is 14.9. The Labute approximate surface area is 311 Å². The van der Waals surface area contributed by atoms with Gasteiger partial charge in [-0.3, -0.25) is 4.99 Å². The van der Waals surface area contributed by atoms with E-state index in [1.165, 1.54) is 28.3 Å². The number of rotatable bonds is 9. The molecule has 282 valence electrons. The van der Waals surface area contributed by atoms with Gasteiger partial charge >= 0.3 is 35.3 Å². The molecule has 51 heavy (non-hydrogen) atoms. The zero-order valence-electron chi connectivity index (χ0n) is 32.2. The Morgan fingerprint density at radius 2 is 1.12 bits per heavy atom. The normalized spacial score (nSPS) is 12.9. The number of aliphatic imine (C=N–C) groups is 2. The molecule has 0 fully saturated rings. The van der Waals surface area contributed by atoms with Gasteiger partial charge in [0, 0.05) is 11.3 Å². The number of alkyl halides is 3. The second kappa shape index (κ2) is 20.8. The SMILES string of the molecule is CC(/C=C(/C)[N-]c1c(C(C)C)cccc1C(C)C)=Nc1c(C(C)C)cccc1C(C)C.CC(C)(C)N=[C-]c1cccc(C(F)(F)F)c1.[F][Nb]([F])[F]. The van der Waals surface area contributed by atoms with Crippen LogP contribution in [0.2, 0.25) is 0 Å². The van der Waals surface area contributed by atoms with Crippen LogP contribution in [0.3, 0.4) is 0 Å². The van der Waals surface area contributed by atoms with E-state index in [1.807, 2.05) is 20.8 Å². The summed E-state index contributed by atoms with van der Waals surface area (Å²) in [4.78, 5) is 9.11. The molecule has 3 aromatic rings. The minimum atomic E-state index is -4.95. The van der Waals surface area contributed by atoms with Crippen molar-refractivity contribution >= 4 is 23.3 Å². The third-order valence-corrected chi connectivity index (χ3v) is 7.39.